The van der Waals surface area contributed by atoms with Gasteiger partial charge in [-0.05, 0) is 18.8 Å². The van der Waals surface area contributed by atoms with E-state index in [0.717, 1.165) is 23.9 Å². The Balaban J connectivity index is 2.10. The smallest absolute Gasteiger partial charge is 0.325 e. The van der Waals surface area contributed by atoms with Crippen molar-refractivity contribution in [2.45, 2.75) is 43.7 Å². The van der Waals surface area contributed by atoms with Gasteiger partial charge in [0, 0.05) is 12.2 Å². The number of sulfonamides is 1. The molecule has 1 fully saturated rings. The Bertz CT molecular complexity index is 566. The van der Waals surface area contributed by atoms with Crippen LogP contribution in [-0.4, -0.2) is 35.3 Å². The minimum absolute atomic E-state index is 0.00727. The summed E-state index contributed by atoms with van der Waals surface area (Å²) in [7, 11) is -3.62. The summed E-state index contributed by atoms with van der Waals surface area (Å²) in [5, 5.41) is 12.4. The Morgan fingerprint density at radius 3 is 2.89 bits per heavy atom. The molecule has 0 amide bonds. The summed E-state index contributed by atoms with van der Waals surface area (Å²) < 4.78 is 28.0. The van der Waals surface area contributed by atoms with E-state index in [0.29, 0.717) is 5.92 Å². The molecule has 0 bridgehead atoms. The molecule has 1 heterocycles. The van der Waals surface area contributed by atoms with E-state index in [1.165, 1.54) is 12.4 Å². The Morgan fingerprint density at radius 1 is 1.58 bits per heavy atom. The van der Waals surface area contributed by atoms with E-state index < -0.39 is 16.0 Å². The third kappa shape index (κ3) is 3.32. The van der Waals surface area contributed by atoms with E-state index in [2.05, 4.69) is 9.82 Å². The van der Waals surface area contributed by atoms with Crippen molar-refractivity contribution in [3.8, 4) is 0 Å². The van der Waals surface area contributed by atoms with Crippen molar-refractivity contribution in [2.24, 2.45) is 5.92 Å². The number of carboxylic acid groups (broad SMARTS) is 1. The highest BCUT2D eigenvalue weighted by Crippen LogP contribution is 2.26. The molecule has 0 saturated heterocycles. The van der Waals surface area contributed by atoms with Gasteiger partial charge < -0.3 is 5.11 Å². The molecule has 1 saturated carbocycles. The zero-order valence-corrected chi connectivity index (χ0v) is 11.4. The van der Waals surface area contributed by atoms with Crippen LogP contribution in [-0.2, 0) is 21.4 Å². The monoisotopic (exact) mass is 287 g/mol. The highest BCUT2D eigenvalue weighted by Gasteiger charge is 2.29. The number of hydrogen-bond donors (Lipinski definition) is 2. The summed E-state index contributed by atoms with van der Waals surface area (Å²) in [6.45, 7) is 1.67. The third-order valence-electron chi connectivity index (χ3n) is 3.39. The van der Waals surface area contributed by atoms with Crippen LogP contribution in [0.25, 0.3) is 0 Å². The normalized spacial score (nSPS) is 23.6. The number of nitrogens with zero attached hydrogens (tertiary/aromatic N) is 2. The summed E-state index contributed by atoms with van der Waals surface area (Å²) in [4.78, 5) is 10.5. The molecule has 2 atom stereocenters. The van der Waals surface area contributed by atoms with Gasteiger partial charge in [-0.3, -0.25) is 9.48 Å². The lowest BCUT2D eigenvalue weighted by Gasteiger charge is -2.16. The van der Waals surface area contributed by atoms with Crippen LogP contribution in [0.2, 0.25) is 0 Å². The molecule has 106 valence electrons. The van der Waals surface area contributed by atoms with Crippen LogP contribution < -0.4 is 4.72 Å². The fourth-order valence-electron chi connectivity index (χ4n) is 2.30. The summed E-state index contributed by atoms with van der Waals surface area (Å²) in [5.41, 5.74) is 0. The SMILES string of the molecule is CC1CCCC1NS(=O)(=O)c1cnn(CC(=O)O)c1. The quantitative estimate of drug-likeness (QED) is 0.818. The van der Waals surface area contributed by atoms with Gasteiger partial charge in [0.05, 0.1) is 6.20 Å². The van der Waals surface area contributed by atoms with Gasteiger partial charge in [-0.15, -0.1) is 0 Å². The van der Waals surface area contributed by atoms with Crippen molar-refractivity contribution in [3.63, 3.8) is 0 Å². The zero-order valence-electron chi connectivity index (χ0n) is 10.6. The second-order valence-corrected chi connectivity index (χ2v) is 6.62. The van der Waals surface area contributed by atoms with Crippen LogP contribution >= 0.6 is 0 Å². The third-order valence-corrected chi connectivity index (χ3v) is 4.83. The second kappa shape index (κ2) is 5.30. The molecule has 0 spiro atoms. The van der Waals surface area contributed by atoms with Gasteiger partial charge in [-0.1, -0.05) is 13.3 Å². The Hall–Kier alpha value is -1.41. The lowest BCUT2D eigenvalue weighted by molar-refractivity contribution is -0.137. The number of nitrogens with one attached hydrogen (secondary N) is 1. The van der Waals surface area contributed by atoms with Crippen molar-refractivity contribution in [1.82, 2.24) is 14.5 Å². The topological polar surface area (TPSA) is 101 Å². The molecule has 0 aliphatic heterocycles. The number of aromatic nitrogens is 2. The van der Waals surface area contributed by atoms with Gasteiger partial charge in [0.25, 0.3) is 0 Å². The average molecular weight is 287 g/mol. The van der Waals surface area contributed by atoms with Crippen molar-refractivity contribution in [1.29, 1.82) is 0 Å². The van der Waals surface area contributed by atoms with E-state index in [4.69, 9.17) is 5.11 Å². The van der Waals surface area contributed by atoms with Gasteiger partial charge in [-0.2, -0.15) is 5.10 Å². The number of aliphatic carboxylic acids is 1. The van der Waals surface area contributed by atoms with Gasteiger partial charge >= 0.3 is 5.97 Å². The molecule has 0 aromatic carbocycles. The predicted octanol–water partition coefficient (Wildman–Crippen LogP) is 0.435. The molecule has 0 radical (unpaired) electrons. The molecule has 8 heteroatoms. The minimum Gasteiger partial charge on any atom is -0.480 e. The first-order valence-corrected chi connectivity index (χ1v) is 7.63. The van der Waals surface area contributed by atoms with Gasteiger partial charge in [0.2, 0.25) is 10.0 Å². The van der Waals surface area contributed by atoms with Gasteiger partial charge in [-0.25, -0.2) is 13.1 Å². The first kappa shape index (κ1) is 14.0. The molecule has 19 heavy (non-hydrogen) atoms. The van der Waals surface area contributed by atoms with Gasteiger partial charge in [0.15, 0.2) is 0 Å². The van der Waals surface area contributed by atoms with E-state index >= 15 is 0 Å². The largest absolute Gasteiger partial charge is 0.480 e. The molecule has 1 aliphatic rings. The maximum absolute atomic E-state index is 12.1. The highest BCUT2D eigenvalue weighted by molar-refractivity contribution is 7.89. The molecular formula is C11H17N3O4S. The standard InChI is InChI=1S/C11H17N3O4S/c1-8-3-2-4-10(8)13-19(17,18)9-5-12-14(6-9)7-11(15)16/h5-6,8,10,13H,2-4,7H2,1H3,(H,15,16). The molecule has 2 rings (SSSR count). The van der Waals surface area contributed by atoms with E-state index in [1.54, 1.807) is 0 Å². The van der Waals surface area contributed by atoms with Crippen LogP contribution in [0.3, 0.4) is 0 Å². The summed E-state index contributed by atoms with van der Waals surface area (Å²) in [6.07, 6.45) is 5.28. The first-order chi connectivity index (χ1) is 8.88. The van der Waals surface area contributed by atoms with Crippen LogP contribution in [0.4, 0.5) is 0 Å². The van der Waals surface area contributed by atoms with Crippen molar-refractivity contribution in [3.05, 3.63) is 12.4 Å². The number of rotatable bonds is 5. The van der Waals surface area contributed by atoms with Crippen LogP contribution in [0.15, 0.2) is 17.3 Å². The number of carbonyl (C=O) groups is 1. The molecule has 1 aromatic heterocycles. The molecule has 7 nitrogen and oxygen atoms in total. The molecule has 1 aliphatic carbocycles. The maximum atomic E-state index is 12.1. The first-order valence-electron chi connectivity index (χ1n) is 6.15. The van der Waals surface area contributed by atoms with Crippen LogP contribution in [0, 0.1) is 5.92 Å². The number of carboxylic acids is 1. The molecule has 2 N–H and O–H groups in total. The van der Waals surface area contributed by atoms with E-state index in [1.807, 2.05) is 6.92 Å². The lowest BCUT2D eigenvalue weighted by atomic mass is 10.1. The zero-order chi connectivity index (χ0) is 14.0. The average Bonchev–Trinajstić information content (AvgIpc) is 2.88. The summed E-state index contributed by atoms with van der Waals surface area (Å²) >= 11 is 0. The molecule has 1 aromatic rings. The van der Waals surface area contributed by atoms with Crippen LogP contribution in [0.1, 0.15) is 26.2 Å². The van der Waals surface area contributed by atoms with Crippen molar-refractivity contribution >= 4 is 16.0 Å². The van der Waals surface area contributed by atoms with Crippen LogP contribution in [0.5, 0.6) is 0 Å². The minimum atomic E-state index is -3.62. The molecule has 2 unspecified atom stereocenters. The Kier molecular flexibility index (Phi) is 3.91. The highest BCUT2D eigenvalue weighted by atomic mass is 32.2. The lowest BCUT2D eigenvalue weighted by Crippen LogP contribution is -2.36. The Labute approximate surface area is 111 Å². The summed E-state index contributed by atoms with van der Waals surface area (Å²) in [6, 6.07) is -0.0483. The fraction of sp³-hybridized carbons (Fsp3) is 0.636. The second-order valence-electron chi connectivity index (χ2n) is 4.90. The van der Waals surface area contributed by atoms with Crippen molar-refractivity contribution in [2.75, 3.05) is 0 Å². The van der Waals surface area contributed by atoms with E-state index in [9.17, 15) is 13.2 Å². The Morgan fingerprint density at radius 2 is 2.32 bits per heavy atom. The van der Waals surface area contributed by atoms with E-state index in [-0.39, 0.29) is 17.5 Å². The summed E-state index contributed by atoms with van der Waals surface area (Å²) in [5.74, 6) is -0.742. The number of hydrogen-bond acceptors (Lipinski definition) is 4. The van der Waals surface area contributed by atoms with Gasteiger partial charge in [0.1, 0.15) is 11.4 Å². The fourth-order valence-corrected chi connectivity index (χ4v) is 3.63. The predicted molar refractivity (Wildman–Crippen MR) is 67.0 cm³/mol. The molecular weight excluding hydrogens is 270 g/mol. The maximum Gasteiger partial charge on any atom is 0.325 e. The van der Waals surface area contributed by atoms with Crippen molar-refractivity contribution < 1.29 is 18.3 Å².